The number of furan rings is 1. The van der Waals surface area contributed by atoms with Crippen LogP contribution in [-0.4, -0.2) is 19.9 Å². The number of benzene rings is 1. The fraction of sp³-hybridized carbons (Fsp3) is 0.478. The Morgan fingerprint density at radius 3 is 2.47 bits per heavy atom. The Bertz CT molecular complexity index is 1360. The van der Waals surface area contributed by atoms with Crippen LogP contribution in [0, 0.1) is 0 Å². The van der Waals surface area contributed by atoms with Crippen LogP contribution in [0.2, 0.25) is 0 Å². The highest BCUT2D eigenvalue weighted by atomic mass is 16.4. The van der Waals surface area contributed by atoms with Crippen LogP contribution >= 0.6 is 0 Å². The first-order chi connectivity index (χ1) is 14.5. The van der Waals surface area contributed by atoms with Crippen molar-refractivity contribution in [3.8, 4) is 5.75 Å². The van der Waals surface area contributed by atoms with Crippen molar-refractivity contribution in [2.24, 2.45) is 0 Å². The molecule has 1 aliphatic carbocycles. The Balaban J connectivity index is 1.86. The van der Waals surface area contributed by atoms with Gasteiger partial charge in [-0.05, 0) is 30.9 Å². The second kappa shape index (κ2) is 7.07. The zero-order chi connectivity index (χ0) is 21.0. The molecule has 0 atom stereocenters. The van der Waals surface area contributed by atoms with Crippen molar-refractivity contribution in [1.82, 2.24) is 14.8 Å². The summed E-state index contributed by atoms with van der Waals surface area (Å²) in [5.41, 5.74) is 2.33. The zero-order valence-corrected chi connectivity index (χ0v) is 17.4. The van der Waals surface area contributed by atoms with Crippen molar-refractivity contribution in [3.63, 3.8) is 0 Å². The normalized spacial score (nSPS) is 16.6. The van der Waals surface area contributed by atoms with E-state index in [0.29, 0.717) is 21.9 Å². The summed E-state index contributed by atoms with van der Waals surface area (Å²) >= 11 is 0. The molecule has 0 unspecified atom stereocenters. The van der Waals surface area contributed by atoms with Crippen LogP contribution in [0.3, 0.4) is 0 Å². The predicted molar refractivity (Wildman–Crippen MR) is 118 cm³/mol. The summed E-state index contributed by atoms with van der Waals surface area (Å²) in [6.45, 7) is 4.04. The van der Waals surface area contributed by atoms with Crippen LogP contribution < -0.4 is 11.0 Å². The minimum Gasteiger partial charge on any atom is -0.502 e. The van der Waals surface area contributed by atoms with Gasteiger partial charge in [-0.1, -0.05) is 46.0 Å². The van der Waals surface area contributed by atoms with Crippen LogP contribution in [0.15, 0.2) is 26.1 Å². The van der Waals surface area contributed by atoms with Crippen LogP contribution in [-0.2, 0) is 0 Å². The van der Waals surface area contributed by atoms with Crippen molar-refractivity contribution >= 4 is 33.1 Å². The first-order valence-corrected chi connectivity index (χ1v) is 10.9. The van der Waals surface area contributed by atoms with Gasteiger partial charge < -0.3 is 14.5 Å². The first kappa shape index (κ1) is 19.0. The summed E-state index contributed by atoms with van der Waals surface area (Å²) in [4.78, 5) is 28.4. The molecule has 0 saturated heterocycles. The molecular weight excluding hydrogens is 382 g/mol. The molecule has 5 rings (SSSR count). The number of aromatic nitrogens is 3. The molecule has 3 N–H and O–H groups in total. The molecule has 0 spiro atoms. The van der Waals surface area contributed by atoms with Gasteiger partial charge in [-0.3, -0.25) is 19.4 Å². The first-order valence-electron chi connectivity index (χ1n) is 10.9. The van der Waals surface area contributed by atoms with Gasteiger partial charge in [-0.25, -0.2) is 0 Å². The summed E-state index contributed by atoms with van der Waals surface area (Å²) in [7, 11) is 0. The Morgan fingerprint density at radius 1 is 1.07 bits per heavy atom. The van der Waals surface area contributed by atoms with E-state index in [4.69, 9.17) is 4.42 Å². The van der Waals surface area contributed by atoms with Gasteiger partial charge in [-0.2, -0.15) is 0 Å². The average molecular weight is 409 g/mol. The predicted octanol–water partition coefficient (Wildman–Crippen LogP) is 5.03. The van der Waals surface area contributed by atoms with E-state index in [-0.39, 0.29) is 23.1 Å². The molecule has 0 radical (unpaired) electrons. The molecule has 0 aliphatic heterocycles. The van der Waals surface area contributed by atoms with E-state index in [2.05, 4.69) is 10.1 Å². The maximum Gasteiger partial charge on any atom is 0.274 e. The van der Waals surface area contributed by atoms with E-state index in [1.807, 2.05) is 18.5 Å². The van der Waals surface area contributed by atoms with E-state index in [1.54, 1.807) is 6.07 Å². The lowest BCUT2D eigenvalue weighted by Gasteiger charge is -2.21. The standard InChI is InChI=1S/C23H27N3O4/c1-12(2)16-17-22(26(25-23(17)29)13-8-6-4-3-5-7-9-13)24-18-14-10-11-15(27)19(28)20(14)30-21(16)18/h10-13,24,28H,3-9H2,1-2H3,(H,25,29). The summed E-state index contributed by atoms with van der Waals surface area (Å²) in [6.07, 6.45) is 8.12. The molecule has 7 nitrogen and oxygen atoms in total. The third-order valence-electron chi connectivity index (χ3n) is 6.50. The minimum absolute atomic E-state index is 0.0216. The third-order valence-corrected chi connectivity index (χ3v) is 6.50. The van der Waals surface area contributed by atoms with Gasteiger partial charge in [-0.15, -0.1) is 0 Å². The van der Waals surface area contributed by atoms with Crippen molar-refractivity contribution in [2.45, 2.75) is 70.8 Å². The number of pyridine rings is 1. The zero-order valence-electron chi connectivity index (χ0n) is 17.4. The van der Waals surface area contributed by atoms with Crippen LogP contribution in [0.25, 0.3) is 33.1 Å². The number of nitrogens with one attached hydrogen (secondary N) is 2. The van der Waals surface area contributed by atoms with E-state index in [0.717, 1.165) is 36.9 Å². The molecular formula is C23H27N3O4. The van der Waals surface area contributed by atoms with Gasteiger partial charge in [0, 0.05) is 10.9 Å². The number of phenolic OH excluding ortho intramolecular Hbond substituents is 1. The summed E-state index contributed by atoms with van der Waals surface area (Å²) in [5.74, 6) is -0.374. The maximum atomic E-state index is 13.1. The van der Waals surface area contributed by atoms with Gasteiger partial charge in [0.15, 0.2) is 11.2 Å². The third kappa shape index (κ3) is 2.79. The summed E-state index contributed by atoms with van der Waals surface area (Å²) in [5, 5.41) is 14.6. The molecule has 30 heavy (non-hydrogen) atoms. The van der Waals surface area contributed by atoms with Gasteiger partial charge in [0.25, 0.3) is 5.56 Å². The summed E-state index contributed by atoms with van der Waals surface area (Å²) < 4.78 is 7.98. The van der Waals surface area contributed by atoms with Crippen LogP contribution in [0.5, 0.6) is 5.75 Å². The highest BCUT2D eigenvalue weighted by Gasteiger charge is 2.25. The largest absolute Gasteiger partial charge is 0.502 e. The van der Waals surface area contributed by atoms with Crippen LogP contribution in [0.4, 0.5) is 0 Å². The Kier molecular flexibility index (Phi) is 4.49. The number of rotatable bonds is 2. The maximum absolute atomic E-state index is 13.1. The highest BCUT2D eigenvalue weighted by molar-refractivity contribution is 6.09. The van der Waals surface area contributed by atoms with E-state index in [9.17, 15) is 14.7 Å². The number of H-pyrrole nitrogens is 2. The second-order valence-corrected chi connectivity index (χ2v) is 8.82. The monoisotopic (exact) mass is 409 g/mol. The molecule has 3 aromatic heterocycles. The molecule has 3 heterocycles. The molecule has 0 amide bonds. The quantitative estimate of drug-likeness (QED) is 0.432. The lowest BCUT2D eigenvalue weighted by molar-refractivity contribution is 0.353. The topological polar surface area (TPSA) is 104 Å². The molecule has 1 aliphatic rings. The van der Waals surface area contributed by atoms with Gasteiger partial charge in [0.1, 0.15) is 5.65 Å². The molecule has 1 saturated carbocycles. The van der Waals surface area contributed by atoms with Gasteiger partial charge >= 0.3 is 0 Å². The molecule has 4 aromatic rings. The molecule has 158 valence electrons. The fourth-order valence-electron chi connectivity index (χ4n) is 5.01. The van der Waals surface area contributed by atoms with E-state index >= 15 is 0 Å². The molecule has 1 fully saturated rings. The van der Waals surface area contributed by atoms with Crippen molar-refractivity contribution in [3.05, 3.63) is 38.3 Å². The number of fused-ring (bicyclic) bond motifs is 4. The summed E-state index contributed by atoms with van der Waals surface area (Å²) in [6, 6.07) is 3.25. The van der Waals surface area contributed by atoms with E-state index in [1.165, 1.54) is 25.3 Å². The molecule has 0 bridgehead atoms. The van der Waals surface area contributed by atoms with Gasteiger partial charge in [0.05, 0.1) is 16.9 Å². The van der Waals surface area contributed by atoms with Crippen LogP contribution in [0.1, 0.15) is 76.3 Å². The lowest BCUT2D eigenvalue weighted by atomic mass is 9.96. The van der Waals surface area contributed by atoms with E-state index < -0.39 is 11.2 Å². The molecule has 7 heteroatoms. The van der Waals surface area contributed by atoms with Crippen molar-refractivity contribution < 1.29 is 9.52 Å². The molecule has 1 aromatic carbocycles. The van der Waals surface area contributed by atoms with Crippen molar-refractivity contribution in [2.75, 3.05) is 0 Å². The Hall–Kier alpha value is -2.96. The second-order valence-electron chi connectivity index (χ2n) is 8.82. The number of aromatic hydroxyl groups is 1. The number of phenols is 1. The average Bonchev–Trinajstić information content (AvgIpc) is 3.21. The highest BCUT2D eigenvalue weighted by Crippen LogP contribution is 2.39. The van der Waals surface area contributed by atoms with Crippen molar-refractivity contribution in [1.29, 1.82) is 0 Å². The smallest absolute Gasteiger partial charge is 0.274 e. The Morgan fingerprint density at radius 2 is 1.77 bits per heavy atom. The number of aromatic amines is 2. The Labute approximate surface area is 172 Å². The lowest BCUT2D eigenvalue weighted by Crippen LogP contribution is -2.15. The number of hydrogen-bond donors (Lipinski definition) is 3. The number of hydrogen-bond acceptors (Lipinski definition) is 4. The SMILES string of the molecule is CC(C)c1c2oc3c(O)c(=O)ccc3c2[nH]c2c1c(=O)[nH]n2C1CCCCCCC1. The number of nitrogens with zero attached hydrogens (tertiary/aromatic N) is 1. The van der Waals surface area contributed by atoms with Gasteiger partial charge in [0.2, 0.25) is 11.2 Å². The minimum atomic E-state index is -0.478. The fourth-order valence-corrected chi connectivity index (χ4v) is 5.01.